The van der Waals surface area contributed by atoms with Crippen LogP contribution in [0.5, 0.6) is 0 Å². The van der Waals surface area contributed by atoms with Gasteiger partial charge in [-0.2, -0.15) is 16.9 Å². The predicted octanol–water partition coefficient (Wildman–Crippen LogP) is 3.54. The van der Waals surface area contributed by atoms with E-state index in [1.54, 1.807) is 0 Å². The highest BCUT2D eigenvalue weighted by Gasteiger charge is 2.17. The Bertz CT molecular complexity index is 593. The number of aromatic amines is 1. The van der Waals surface area contributed by atoms with Gasteiger partial charge in [-0.05, 0) is 38.7 Å². The molecule has 0 aliphatic heterocycles. The molecule has 18 heavy (non-hydrogen) atoms. The lowest BCUT2D eigenvalue weighted by Gasteiger charge is -2.14. The van der Waals surface area contributed by atoms with Crippen molar-refractivity contribution in [2.45, 2.75) is 40.3 Å². The first-order valence-corrected chi connectivity index (χ1v) is 7.91. The molecule has 2 rings (SSSR count). The minimum Gasteiger partial charge on any atom is -0.328 e. The van der Waals surface area contributed by atoms with E-state index in [9.17, 15) is 0 Å². The van der Waals surface area contributed by atoms with Crippen LogP contribution in [-0.2, 0) is 6.54 Å². The maximum absolute atomic E-state index is 5.46. The summed E-state index contributed by atoms with van der Waals surface area (Å²) in [6, 6.07) is 0.387. The Balaban J connectivity index is 2.55. The van der Waals surface area contributed by atoms with Crippen LogP contribution in [0.3, 0.4) is 0 Å². The highest BCUT2D eigenvalue weighted by Crippen LogP contribution is 2.23. The molecule has 6 heteroatoms. The molecule has 0 aliphatic carbocycles. The lowest BCUT2D eigenvalue weighted by molar-refractivity contribution is 0.578. The second kappa shape index (κ2) is 5.48. The third-order valence-corrected chi connectivity index (χ3v) is 4.51. The van der Waals surface area contributed by atoms with Gasteiger partial charge in [0.2, 0.25) is 0 Å². The van der Waals surface area contributed by atoms with Crippen LogP contribution in [0.15, 0.2) is 0 Å². The first kappa shape index (κ1) is 13.7. The van der Waals surface area contributed by atoms with E-state index in [2.05, 4.69) is 35.4 Å². The number of aromatic nitrogens is 4. The zero-order valence-corrected chi connectivity index (χ0v) is 13.0. The van der Waals surface area contributed by atoms with Crippen LogP contribution < -0.4 is 0 Å². The molecule has 0 aliphatic rings. The van der Waals surface area contributed by atoms with Crippen LogP contribution in [-0.4, -0.2) is 30.8 Å². The third-order valence-electron chi connectivity index (χ3n) is 3.08. The quantitative estimate of drug-likeness (QED) is 0.854. The normalized spacial score (nSPS) is 13.3. The first-order valence-electron chi connectivity index (χ1n) is 6.35. The molecular weight excluding hydrogens is 264 g/mol. The Morgan fingerprint density at radius 2 is 2.17 bits per heavy atom. The van der Waals surface area contributed by atoms with Crippen molar-refractivity contribution in [2.24, 2.45) is 0 Å². The molecule has 4 nitrogen and oxygen atoms in total. The van der Waals surface area contributed by atoms with Crippen molar-refractivity contribution in [3.63, 3.8) is 0 Å². The van der Waals surface area contributed by atoms with Gasteiger partial charge in [-0.25, -0.2) is 4.68 Å². The summed E-state index contributed by atoms with van der Waals surface area (Å²) in [6.45, 7) is 9.40. The van der Waals surface area contributed by atoms with Crippen molar-refractivity contribution in [3.05, 3.63) is 10.5 Å². The number of thioether (sulfide) groups is 1. The fourth-order valence-electron chi connectivity index (χ4n) is 2.22. The Morgan fingerprint density at radius 3 is 2.78 bits per heavy atom. The van der Waals surface area contributed by atoms with E-state index in [-0.39, 0.29) is 0 Å². The van der Waals surface area contributed by atoms with Gasteiger partial charge in [-0.3, -0.25) is 4.57 Å². The number of fused-ring (bicyclic) bond motifs is 1. The minimum absolute atomic E-state index is 0.387. The van der Waals surface area contributed by atoms with Gasteiger partial charge < -0.3 is 4.98 Å². The SMILES string of the molecule is CCSCC(C)n1c(=S)[nH]c2c(C)nn(CC)c21. The topological polar surface area (TPSA) is 38.5 Å². The summed E-state index contributed by atoms with van der Waals surface area (Å²) in [5.41, 5.74) is 3.23. The number of rotatable bonds is 5. The van der Waals surface area contributed by atoms with E-state index < -0.39 is 0 Å². The maximum atomic E-state index is 5.46. The van der Waals surface area contributed by atoms with E-state index in [1.807, 2.05) is 23.4 Å². The first-order chi connectivity index (χ1) is 8.60. The van der Waals surface area contributed by atoms with E-state index in [1.165, 1.54) is 0 Å². The summed E-state index contributed by atoms with van der Waals surface area (Å²) in [5.74, 6) is 2.21. The summed E-state index contributed by atoms with van der Waals surface area (Å²) >= 11 is 7.40. The fraction of sp³-hybridized carbons (Fsp3) is 0.667. The van der Waals surface area contributed by atoms with Crippen molar-refractivity contribution in [2.75, 3.05) is 11.5 Å². The zero-order chi connectivity index (χ0) is 13.3. The van der Waals surface area contributed by atoms with Crippen LogP contribution in [0.25, 0.3) is 11.2 Å². The number of H-pyrrole nitrogens is 1. The minimum atomic E-state index is 0.387. The van der Waals surface area contributed by atoms with E-state index in [4.69, 9.17) is 12.2 Å². The second-order valence-corrected chi connectivity index (χ2v) is 6.11. The molecule has 0 amide bonds. The van der Waals surface area contributed by atoms with Gasteiger partial charge in [0.25, 0.3) is 0 Å². The molecule has 0 fully saturated rings. The van der Waals surface area contributed by atoms with E-state index in [0.29, 0.717) is 6.04 Å². The third kappa shape index (κ3) is 2.23. The number of imidazole rings is 1. The van der Waals surface area contributed by atoms with Gasteiger partial charge in [0.1, 0.15) is 5.52 Å². The standard InChI is InChI=1S/C12H20N4S2/c1-5-15-11-10(9(4)14-15)13-12(17)16(11)8(3)7-18-6-2/h8H,5-7H2,1-4H3,(H,13,17). The molecule has 0 saturated heterocycles. The highest BCUT2D eigenvalue weighted by atomic mass is 32.2. The second-order valence-electron chi connectivity index (χ2n) is 4.41. The van der Waals surface area contributed by atoms with E-state index in [0.717, 1.165) is 39.7 Å². The van der Waals surface area contributed by atoms with Gasteiger partial charge in [-0.1, -0.05) is 6.92 Å². The number of nitrogens with zero attached hydrogens (tertiary/aromatic N) is 3. The molecule has 0 spiro atoms. The van der Waals surface area contributed by atoms with Crippen LogP contribution in [0.2, 0.25) is 0 Å². The summed E-state index contributed by atoms with van der Waals surface area (Å²) in [7, 11) is 0. The monoisotopic (exact) mass is 284 g/mol. The van der Waals surface area contributed by atoms with E-state index >= 15 is 0 Å². The molecule has 1 atom stereocenters. The van der Waals surface area contributed by atoms with Crippen molar-refractivity contribution in [1.82, 2.24) is 19.3 Å². The largest absolute Gasteiger partial charge is 0.328 e. The smallest absolute Gasteiger partial charge is 0.179 e. The van der Waals surface area contributed by atoms with Crippen molar-refractivity contribution in [3.8, 4) is 0 Å². The number of hydrogen-bond acceptors (Lipinski definition) is 3. The number of hydrogen-bond donors (Lipinski definition) is 1. The number of aryl methyl sites for hydroxylation is 2. The van der Waals surface area contributed by atoms with Crippen molar-refractivity contribution < 1.29 is 0 Å². The lowest BCUT2D eigenvalue weighted by atomic mass is 10.4. The summed E-state index contributed by atoms with van der Waals surface area (Å²) < 4.78 is 5.04. The molecule has 100 valence electrons. The zero-order valence-electron chi connectivity index (χ0n) is 11.4. The van der Waals surface area contributed by atoms with Gasteiger partial charge in [0.15, 0.2) is 10.4 Å². The average Bonchev–Trinajstić information content (AvgIpc) is 2.83. The maximum Gasteiger partial charge on any atom is 0.179 e. The van der Waals surface area contributed by atoms with Crippen LogP contribution >= 0.6 is 24.0 Å². The molecule has 0 bridgehead atoms. The van der Waals surface area contributed by atoms with Crippen molar-refractivity contribution >= 4 is 35.1 Å². The predicted molar refractivity (Wildman–Crippen MR) is 81.0 cm³/mol. The Morgan fingerprint density at radius 1 is 1.44 bits per heavy atom. The lowest BCUT2D eigenvalue weighted by Crippen LogP contribution is -2.11. The molecular formula is C12H20N4S2. The highest BCUT2D eigenvalue weighted by molar-refractivity contribution is 7.99. The molecule has 2 heterocycles. The molecule has 2 aromatic rings. The molecule has 1 N–H and O–H groups in total. The van der Waals surface area contributed by atoms with Crippen molar-refractivity contribution in [1.29, 1.82) is 0 Å². The molecule has 0 aromatic carbocycles. The molecule has 1 unspecified atom stereocenters. The Hall–Kier alpha value is -0.750. The summed E-state index contributed by atoms with van der Waals surface area (Å²) in [5, 5.41) is 4.54. The van der Waals surface area contributed by atoms with Crippen LogP contribution in [0, 0.1) is 11.7 Å². The van der Waals surface area contributed by atoms with Gasteiger partial charge in [0, 0.05) is 18.3 Å². The van der Waals surface area contributed by atoms with Crippen LogP contribution in [0.1, 0.15) is 32.5 Å². The van der Waals surface area contributed by atoms with Gasteiger partial charge in [-0.15, -0.1) is 0 Å². The Labute approximate surface area is 117 Å². The fourth-order valence-corrected chi connectivity index (χ4v) is 3.31. The number of nitrogens with one attached hydrogen (secondary N) is 1. The summed E-state index contributed by atoms with van der Waals surface area (Å²) in [4.78, 5) is 3.29. The van der Waals surface area contributed by atoms with Gasteiger partial charge >= 0.3 is 0 Å². The molecule has 0 saturated carbocycles. The Kier molecular flexibility index (Phi) is 4.17. The molecule has 0 radical (unpaired) electrons. The van der Waals surface area contributed by atoms with Crippen LogP contribution in [0.4, 0.5) is 0 Å². The average molecular weight is 284 g/mol. The molecule has 2 aromatic heterocycles. The summed E-state index contributed by atoms with van der Waals surface area (Å²) in [6.07, 6.45) is 0. The van der Waals surface area contributed by atoms with Gasteiger partial charge in [0.05, 0.1) is 5.69 Å².